The topological polar surface area (TPSA) is 30.5 Å². The highest BCUT2D eigenvalue weighted by Crippen LogP contribution is 2.26. The van der Waals surface area contributed by atoms with E-state index in [0.717, 1.165) is 36.4 Å². The molecule has 0 aromatic heterocycles. The fourth-order valence-electron chi connectivity index (χ4n) is 2.32. The van der Waals surface area contributed by atoms with Crippen LogP contribution in [0.2, 0.25) is 0 Å². The second-order valence-electron chi connectivity index (χ2n) is 4.61. The maximum Gasteiger partial charge on any atom is 0.120 e. The van der Waals surface area contributed by atoms with E-state index in [4.69, 9.17) is 9.47 Å². The van der Waals surface area contributed by atoms with Gasteiger partial charge in [-0.2, -0.15) is 0 Å². The van der Waals surface area contributed by atoms with Crippen LogP contribution in [0.25, 0.3) is 10.8 Å². The lowest BCUT2D eigenvalue weighted by atomic mass is 10.1. The zero-order chi connectivity index (χ0) is 12.4. The number of ether oxygens (including phenoxy) is 2. The Labute approximate surface area is 107 Å². The molecule has 2 aromatic carbocycles. The molecule has 0 saturated carbocycles. The van der Waals surface area contributed by atoms with Crippen LogP contribution in [0, 0.1) is 0 Å². The van der Waals surface area contributed by atoms with E-state index in [-0.39, 0.29) is 0 Å². The van der Waals surface area contributed by atoms with Crippen LogP contribution in [0.5, 0.6) is 11.5 Å². The molecule has 2 aromatic rings. The molecule has 1 atom stereocenters. The van der Waals surface area contributed by atoms with Crippen molar-refractivity contribution in [3.8, 4) is 11.5 Å². The van der Waals surface area contributed by atoms with E-state index in [1.807, 2.05) is 18.2 Å². The molecule has 1 N–H and O–H groups in total. The SMILES string of the molecule is COc1ccc2ccc(O[C@@H]3CCNC3)cc2c1. The third-order valence-corrected chi connectivity index (χ3v) is 3.34. The summed E-state index contributed by atoms with van der Waals surface area (Å²) in [5.41, 5.74) is 0. The Morgan fingerprint density at radius 2 is 1.83 bits per heavy atom. The lowest BCUT2D eigenvalue weighted by Crippen LogP contribution is -2.19. The van der Waals surface area contributed by atoms with Gasteiger partial charge in [0.2, 0.25) is 0 Å². The minimum Gasteiger partial charge on any atom is -0.497 e. The van der Waals surface area contributed by atoms with Gasteiger partial charge in [0.15, 0.2) is 0 Å². The van der Waals surface area contributed by atoms with Crippen molar-refractivity contribution >= 4 is 10.8 Å². The minimum atomic E-state index is 0.299. The van der Waals surface area contributed by atoms with Gasteiger partial charge in [0.05, 0.1) is 7.11 Å². The first kappa shape index (κ1) is 11.4. The predicted molar refractivity (Wildman–Crippen MR) is 72.4 cm³/mol. The van der Waals surface area contributed by atoms with Gasteiger partial charge in [-0.3, -0.25) is 0 Å². The molecule has 3 heteroatoms. The highest BCUT2D eigenvalue weighted by Gasteiger charge is 2.15. The van der Waals surface area contributed by atoms with Crippen LogP contribution in [-0.4, -0.2) is 26.3 Å². The summed E-state index contributed by atoms with van der Waals surface area (Å²) >= 11 is 0. The minimum absolute atomic E-state index is 0.299. The van der Waals surface area contributed by atoms with E-state index < -0.39 is 0 Å². The second-order valence-corrected chi connectivity index (χ2v) is 4.61. The average Bonchev–Trinajstić information content (AvgIpc) is 2.90. The molecule has 0 radical (unpaired) electrons. The van der Waals surface area contributed by atoms with Crippen LogP contribution < -0.4 is 14.8 Å². The molecule has 0 aliphatic carbocycles. The normalized spacial score (nSPS) is 19.1. The smallest absolute Gasteiger partial charge is 0.120 e. The third-order valence-electron chi connectivity index (χ3n) is 3.34. The number of rotatable bonds is 3. The van der Waals surface area contributed by atoms with E-state index in [1.165, 1.54) is 5.39 Å². The molecule has 0 spiro atoms. The molecule has 1 fully saturated rings. The van der Waals surface area contributed by atoms with Crippen LogP contribution in [0.4, 0.5) is 0 Å². The Kier molecular flexibility index (Phi) is 3.07. The van der Waals surface area contributed by atoms with Gasteiger partial charge in [-0.15, -0.1) is 0 Å². The van der Waals surface area contributed by atoms with Crippen LogP contribution in [-0.2, 0) is 0 Å². The number of benzene rings is 2. The molecule has 1 saturated heterocycles. The molecular weight excluding hydrogens is 226 g/mol. The van der Waals surface area contributed by atoms with E-state index in [0.29, 0.717) is 6.10 Å². The molecule has 1 aliphatic heterocycles. The number of fused-ring (bicyclic) bond motifs is 1. The molecule has 0 unspecified atom stereocenters. The highest BCUT2D eigenvalue weighted by atomic mass is 16.5. The van der Waals surface area contributed by atoms with Crippen molar-refractivity contribution < 1.29 is 9.47 Å². The Morgan fingerprint density at radius 3 is 2.56 bits per heavy atom. The number of nitrogens with one attached hydrogen (secondary N) is 1. The fourth-order valence-corrected chi connectivity index (χ4v) is 2.32. The molecule has 3 rings (SSSR count). The van der Waals surface area contributed by atoms with Gasteiger partial charge < -0.3 is 14.8 Å². The molecular formula is C15H17NO2. The largest absolute Gasteiger partial charge is 0.497 e. The van der Waals surface area contributed by atoms with E-state index >= 15 is 0 Å². The van der Waals surface area contributed by atoms with Gasteiger partial charge in [-0.1, -0.05) is 12.1 Å². The van der Waals surface area contributed by atoms with E-state index in [2.05, 4.69) is 23.5 Å². The number of hydrogen-bond donors (Lipinski definition) is 1. The summed E-state index contributed by atoms with van der Waals surface area (Å²) in [5, 5.41) is 5.66. The average molecular weight is 243 g/mol. The maximum atomic E-state index is 5.95. The Hall–Kier alpha value is -1.74. The van der Waals surface area contributed by atoms with Crippen molar-refractivity contribution in [1.82, 2.24) is 5.32 Å². The number of hydrogen-bond acceptors (Lipinski definition) is 3. The van der Waals surface area contributed by atoms with Crippen LogP contribution >= 0.6 is 0 Å². The predicted octanol–water partition coefficient (Wildman–Crippen LogP) is 2.59. The summed E-state index contributed by atoms with van der Waals surface area (Å²) in [4.78, 5) is 0. The molecule has 0 amide bonds. The maximum absolute atomic E-state index is 5.95. The molecule has 1 aliphatic rings. The molecule has 94 valence electrons. The summed E-state index contributed by atoms with van der Waals surface area (Å²) in [6.07, 6.45) is 1.38. The van der Waals surface area contributed by atoms with Crippen molar-refractivity contribution in [2.75, 3.05) is 20.2 Å². The van der Waals surface area contributed by atoms with E-state index in [1.54, 1.807) is 7.11 Å². The summed E-state index contributed by atoms with van der Waals surface area (Å²) < 4.78 is 11.2. The molecule has 3 nitrogen and oxygen atoms in total. The lowest BCUT2D eigenvalue weighted by Gasteiger charge is -2.13. The zero-order valence-corrected chi connectivity index (χ0v) is 10.5. The van der Waals surface area contributed by atoms with Gasteiger partial charge in [-0.05, 0) is 48.0 Å². The Balaban J connectivity index is 1.88. The molecule has 1 heterocycles. The van der Waals surface area contributed by atoms with Gasteiger partial charge in [0, 0.05) is 6.54 Å². The summed E-state index contributed by atoms with van der Waals surface area (Å²) in [6, 6.07) is 12.3. The van der Waals surface area contributed by atoms with Gasteiger partial charge >= 0.3 is 0 Å². The summed E-state index contributed by atoms with van der Waals surface area (Å²) in [6.45, 7) is 1.99. The second kappa shape index (κ2) is 4.86. The van der Waals surface area contributed by atoms with Crippen molar-refractivity contribution in [3.05, 3.63) is 36.4 Å². The van der Waals surface area contributed by atoms with Gasteiger partial charge in [-0.25, -0.2) is 0 Å². The first-order valence-electron chi connectivity index (χ1n) is 6.30. The first-order valence-corrected chi connectivity index (χ1v) is 6.30. The molecule has 18 heavy (non-hydrogen) atoms. The Bertz CT molecular complexity index is 547. The van der Waals surface area contributed by atoms with Crippen molar-refractivity contribution in [2.45, 2.75) is 12.5 Å². The lowest BCUT2D eigenvalue weighted by molar-refractivity contribution is 0.223. The standard InChI is InChI=1S/C15H17NO2/c1-17-13-4-2-11-3-5-14(9-12(11)8-13)18-15-6-7-16-10-15/h2-5,8-9,15-16H,6-7,10H2,1H3/t15-/m1/s1. The van der Waals surface area contributed by atoms with Crippen LogP contribution in [0.3, 0.4) is 0 Å². The van der Waals surface area contributed by atoms with Crippen molar-refractivity contribution in [2.24, 2.45) is 0 Å². The van der Waals surface area contributed by atoms with Crippen LogP contribution in [0.15, 0.2) is 36.4 Å². The van der Waals surface area contributed by atoms with Crippen LogP contribution in [0.1, 0.15) is 6.42 Å². The quantitative estimate of drug-likeness (QED) is 0.898. The van der Waals surface area contributed by atoms with E-state index in [9.17, 15) is 0 Å². The van der Waals surface area contributed by atoms with Gasteiger partial charge in [0.25, 0.3) is 0 Å². The third kappa shape index (κ3) is 2.27. The zero-order valence-electron chi connectivity index (χ0n) is 10.5. The Morgan fingerprint density at radius 1 is 1.06 bits per heavy atom. The first-order chi connectivity index (χ1) is 8.85. The fraction of sp³-hybridized carbons (Fsp3) is 0.333. The van der Waals surface area contributed by atoms with Gasteiger partial charge in [0.1, 0.15) is 17.6 Å². The monoisotopic (exact) mass is 243 g/mol. The number of methoxy groups -OCH3 is 1. The van der Waals surface area contributed by atoms with Crippen molar-refractivity contribution in [1.29, 1.82) is 0 Å². The summed E-state index contributed by atoms with van der Waals surface area (Å²) in [7, 11) is 1.69. The molecule has 0 bridgehead atoms. The summed E-state index contributed by atoms with van der Waals surface area (Å²) in [5.74, 6) is 1.81. The van der Waals surface area contributed by atoms with Crippen molar-refractivity contribution in [3.63, 3.8) is 0 Å². The highest BCUT2D eigenvalue weighted by molar-refractivity contribution is 5.85.